The van der Waals surface area contributed by atoms with Crippen molar-refractivity contribution in [3.63, 3.8) is 0 Å². The Morgan fingerprint density at radius 1 is 1.23 bits per heavy atom. The molecule has 3 rings (SSSR count). The third kappa shape index (κ3) is 5.23. The first-order valence-corrected chi connectivity index (χ1v) is 11.2. The highest BCUT2D eigenvalue weighted by Gasteiger charge is 2.21. The average Bonchev–Trinajstić information content (AvgIpc) is 3.18. The van der Waals surface area contributed by atoms with Gasteiger partial charge in [-0.05, 0) is 49.7 Å². The summed E-state index contributed by atoms with van der Waals surface area (Å²) in [5.41, 5.74) is 0.619. The van der Waals surface area contributed by atoms with E-state index in [4.69, 9.17) is 9.15 Å². The van der Waals surface area contributed by atoms with Crippen LogP contribution in [0, 0.1) is 5.82 Å². The molecule has 1 N–H and O–H groups in total. The molecule has 0 aliphatic rings. The highest BCUT2D eigenvalue weighted by atomic mass is 32.2. The van der Waals surface area contributed by atoms with Gasteiger partial charge in [-0.15, -0.1) is 0 Å². The molecule has 0 aliphatic carbocycles. The Morgan fingerprint density at radius 2 is 1.94 bits per heavy atom. The van der Waals surface area contributed by atoms with Crippen molar-refractivity contribution in [2.75, 3.05) is 20.7 Å². The Bertz CT molecular complexity index is 1160. The summed E-state index contributed by atoms with van der Waals surface area (Å²) in [4.78, 5) is 12.3. The van der Waals surface area contributed by atoms with Gasteiger partial charge in [0.1, 0.15) is 11.6 Å². The smallest absolute Gasteiger partial charge is 0.242 e. The number of hydrogen-bond donors (Lipinski definition) is 1. The number of para-hydroxylation sites is 1. The molecule has 31 heavy (non-hydrogen) atoms. The van der Waals surface area contributed by atoms with Gasteiger partial charge in [0.2, 0.25) is 15.9 Å². The number of furan rings is 1. The lowest BCUT2D eigenvalue weighted by molar-refractivity contribution is -0.122. The first kappa shape index (κ1) is 22.8. The van der Waals surface area contributed by atoms with E-state index in [0.717, 1.165) is 21.8 Å². The van der Waals surface area contributed by atoms with E-state index in [-0.39, 0.29) is 29.8 Å². The molecule has 1 amide bonds. The van der Waals surface area contributed by atoms with Gasteiger partial charge in [-0.2, -0.15) is 0 Å². The maximum Gasteiger partial charge on any atom is 0.242 e. The number of halogens is 1. The molecule has 7 nitrogen and oxygen atoms in total. The molecule has 0 saturated heterocycles. The predicted molar refractivity (Wildman–Crippen MR) is 115 cm³/mol. The van der Waals surface area contributed by atoms with Crippen molar-refractivity contribution < 1.29 is 26.8 Å². The number of hydrogen-bond acceptors (Lipinski definition) is 5. The summed E-state index contributed by atoms with van der Waals surface area (Å²) < 4.78 is 50.3. The van der Waals surface area contributed by atoms with Crippen molar-refractivity contribution in [3.8, 4) is 5.75 Å². The molecule has 1 aromatic heterocycles. The second kappa shape index (κ2) is 9.49. The topological polar surface area (TPSA) is 88.9 Å². The zero-order valence-corrected chi connectivity index (χ0v) is 18.4. The van der Waals surface area contributed by atoms with Gasteiger partial charge in [0.05, 0.1) is 18.0 Å². The van der Waals surface area contributed by atoms with Crippen LogP contribution in [0.3, 0.4) is 0 Å². The molecule has 0 fully saturated rings. The third-order valence-electron chi connectivity index (χ3n) is 4.95. The van der Waals surface area contributed by atoms with Crippen LogP contribution in [-0.4, -0.2) is 39.3 Å². The summed E-state index contributed by atoms with van der Waals surface area (Å²) in [5, 5.41) is 3.74. The molecular formula is C22H25FN2O5S. The fourth-order valence-electron chi connectivity index (χ4n) is 3.18. The third-order valence-corrected chi connectivity index (χ3v) is 6.82. The van der Waals surface area contributed by atoms with Crippen LogP contribution in [0.2, 0.25) is 0 Å². The van der Waals surface area contributed by atoms with Crippen LogP contribution < -0.4 is 10.1 Å². The van der Waals surface area contributed by atoms with Crippen molar-refractivity contribution in [1.29, 1.82) is 0 Å². The van der Waals surface area contributed by atoms with Gasteiger partial charge in [0.15, 0.2) is 11.3 Å². The van der Waals surface area contributed by atoms with E-state index >= 15 is 0 Å². The summed E-state index contributed by atoms with van der Waals surface area (Å²) in [7, 11) is -0.737. The molecule has 0 bridgehead atoms. The Hall–Kier alpha value is -2.91. The summed E-state index contributed by atoms with van der Waals surface area (Å²) in [6.45, 7) is 1.97. The van der Waals surface area contributed by atoms with Gasteiger partial charge >= 0.3 is 0 Å². The van der Waals surface area contributed by atoms with Crippen molar-refractivity contribution in [3.05, 3.63) is 60.1 Å². The molecule has 1 heterocycles. The monoisotopic (exact) mass is 448 g/mol. The van der Waals surface area contributed by atoms with Crippen molar-refractivity contribution >= 4 is 26.9 Å². The molecule has 2 aromatic carbocycles. The minimum atomic E-state index is -3.73. The quantitative estimate of drug-likeness (QED) is 0.537. The SMILES string of the molecule is COc1cccc2cc(C(C)NC(=O)CCCN(C)S(=O)(=O)c3ccc(F)cc3)oc12. The number of amides is 1. The van der Waals surface area contributed by atoms with Crippen LogP contribution in [0.1, 0.15) is 31.6 Å². The first-order chi connectivity index (χ1) is 14.7. The summed E-state index contributed by atoms with van der Waals surface area (Å²) in [5.74, 6) is 0.499. The summed E-state index contributed by atoms with van der Waals surface area (Å²) in [6.07, 6.45) is 0.487. The lowest BCUT2D eigenvalue weighted by atomic mass is 10.2. The fraction of sp³-hybridized carbons (Fsp3) is 0.318. The number of nitrogens with zero attached hydrogens (tertiary/aromatic N) is 1. The Labute approximate surface area is 180 Å². The molecule has 1 unspecified atom stereocenters. The fourth-order valence-corrected chi connectivity index (χ4v) is 4.39. The largest absolute Gasteiger partial charge is 0.493 e. The Morgan fingerprint density at radius 3 is 2.61 bits per heavy atom. The molecule has 3 aromatic rings. The Kier molecular flexibility index (Phi) is 6.97. The molecule has 0 saturated carbocycles. The number of nitrogens with one attached hydrogen (secondary N) is 1. The number of ether oxygens (including phenoxy) is 1. The molecule has 0 aliphatic heterocycles. The summed E-state index contributed by atoms with van der Waals surface area (Å²) >= 11 is 0. The van der Waals surface area contributed by atoms with Crippen molar-refractivity contribution in [1.82, 2.24) is 9.62 Å². The number of fused-ring (bicyclic) bond motifs is 1. The van der Waals surface area contributed by atoms with Crippen LogP contribution in [0.4, 0.5) is 4.39 Å². The zero-order chi connectivity index (χ0) is 22.6. The van der Waals surface area contributed by atoms with Gasteiger partial charge in [-0.1, -0.05) is 12.1 Å². The second-order valence-electron chi connectivity index (χ2n) is 7.20. The van der Waals surface area contributed by atoms with Gasteiger partial charge in [-0.3, -0.25) is 4.79 Å². The molecular weight excluding hydrogens is 423 g/mol. The number of methoxy groups -OCH3 is 1. The number of sulfonamides is 1. The maximum atomic E-state index is 13.0. The standard InChI is InChI=1S/C22H25FN2O5S/c1-15(20-14-16-6-4-7-19(29-3)22(16)30-20)24-21(26)8-5-13-25(2)31(27,28)18-11-9-17(23)10-12-18/h4,6-7,9-12,14-15H,5,8,13H2,1-3H3,(H,24,26). The maximum absolute atomic E-state index is 13.0. The molecule has 166 valence electrons. The highest BCUT2D eigenvalue weighted by molar-refractivity contribution is 7.89. The van der Waals surface area contributed by atoms with Gasteiger partial charge in [0, 0.05) is 25.4 Å². The highest BCUT2D eigenvalue weighted by Crippen LogP contribution is 2.30. The molecule has 0 radical (unpaired) electrons. The zero-order valence-electron chi connectivity index (χ0n) is 17.6. The minimum absolute atomic E-state index is 0.00906. The van der Waals surface area contributed by atoms with Crippen LogP contribution in [-0.2, 0) is 14.8 Å². The molecule has 1 atom stereocenters. The average molecular weight is 449 g/mol. The normalized spacial score (nSPS) is 12.8. The Balaban J connectivity index is 1.53. The van der Waals surface area contributed by atoms with Crippen LogP contribution in [0.5, 0.6) is 5.75 Å². The van der Waals surface area contributed by atoms with Crippen molar-refractivity contribution in [2.24, 2.45) is 0 Å². The predicted octanol–water partition coefficient (Wildman–Crippen LogP) is 3.86. The minimum Gasteiger partial charge on any atom is -0.493 e. The van der Waals surface area contributed by atoms with Crippen LogP contribution in [0.25, 0.3) is 11.0 Å². The first-order valence-electron chi connectivity index (χ1n) is 9.80. The van der Waals surface area contributed by atoms with Gasteiger partial charge in [0.25, 0.3) is 0 Å². The van der Waals surface area contributed by atoms with E-state index in [1.165, 1.54) is 19.2 Å². The van der Waals surface area contributed by atoms with E-state index in [2.05, 4.69) is 5.32 Å². The van der Waals surface area contributed by atoms with E-state index < -0.39 is 15.8 Å². The molecule has 0 spiro atoms. The lowest BCUT2D eigenvalue weighted by Crippen LogP contribution is -2.30. The van der Waals surface area contributed by atoms with E-state index in [1.54, 1.807) is 13.2 Å². The number of carbonyl (C=O) groups is 1. The van der Waals surface area contributed by atoms with Gasteiger partial charge in [-0.25, -0.2) is 17.1 Å². The summed E-state index contributed by atoms with van der Waals surface area (Å²) in [6, 6.07) is 11.7. The van der Waals surface area contributed by atoms with E-state index in [1.807, 2.05) is 25.1 Å². The number of benzene rings is 2. The van der Waals surface area contributed by atoms with Crippen LogP contribution >= 0.6 is 0 Å². The van der Waals surface area contributed by atoms with E-state index in [0.29, 0.717) is 23.5 Å². The molecule has 9 heteroatoms. The van der Waals surface area contributed by atoms with Gasteiger partial charge < -0.3 is 14.5 Å². The number of rotatable bonds is 9. The number of carbonyl (C=O) groups excluding carboxylic acids is 1. The van der Waals surface area contributed by atoms with Crippen LogP contribution in [0.15, 0.2) is 57.8 Å². The second-order valence-corrected chi connectivity index (χ2v) is 9.25. The van der Waals surface area contributed by atoms with Crippen molar-refractivity contribution in [2.45, 2.75) is 30.7 Å². The lowest BCUT2D eigenvalue weighted by Gasteiger charge is -2.17. The van der Waals surface area contributed by atoms with E-state index in [9.17, 15) is 17.6 Å².